The van der Waals surface area contributed by atoms with Gasteiger partial charge >= 0.3 is 0 Å². The number of hydrogen-bond acceptors (Lipinski definition) is 9. The summed E-state index contributed by atoms with van der Waals surface area (Å²) in [6, 6.07) is 14.7. The van der Waals surface area contributed by atoms with E-state index >= 15 is 0 Å². The summed E-state index contributed by atoms with van der Waals surface area (Å²) < 4.78 is 18.6. The molecule has 3 aromatic carbocycles. The fraction of sp³-hybridized carbons (Fsp3) is 0.447. The molecule has 13 nitrogen and oxygen atoms in total. The van der Waals surface area contributed by atoms with E-state index in [9.17, 15) is 14.4 Å². The predicted molar refractivity (Wildman–Crippen MR) is 191 cm³/mol. The first-order valence-electron chi connectivity index (χ1n) is 17.8. The van der Waals surface area contributed by atoms with Crippen molar-refractivity contribution >= 4 is 28.8 Å². The first kappa shape index (κ1) is 34.3. The summed E-state index contributed by atoms with van der Waals surface area (Å²) in [7, 11) is 3.67. The van der Waals surface area contributed by atoms with Gasteiger partial charge in [0.25, 0.3) is 11.8 Å². The van der Waals surface area contributed by atoms with Gasteiger partial charge in [0, 0.05) is 49.4 Å². The van der Waals surface area contributed by atoms with E-state index < -0.39 is 0 Å². The van der Waals surface area contributed by atoms with E-state index in [4.69, 9.17) is 14.2 Å². The molecule has 3 aliphatic rings. The van der Waals surface area contributed by atoms with Gasteiger partial charge in [0.15, 0.2) is 11.5 Å². The Morgan fingerprint density at radius 1 is 0.902 bits per heavy atom. The van der Waals surface area contributed by atoms with E-state index in [1.54, 1.807) is 31.4 Å². The molecule has 1 saturated heterocycles. The molecule has 7 rings (SSSR count). The van der Waals surface area contributed by atoms with Gasteiger partial charge in [-0.05, 0) is 93.7 Å². The molecule has 1 fully saturated rings. The first-order valence-corrected chi connectivity index (χ1v) is 17.8. The molecule has 0 radical (unpaired) electrons. The summed E-state index contributed by atoms with van der Waals surface area (Å²) in [4.78, 5) is 47.0. The number of nitrogens with one attached hydrogen (secondary N) is 2. The summed E-state index contributed by atoms with van der Waals surface area (Å²) in [6.07, 6.45) is 3.83. The van der Waals surface area contributed by atoms with Crippen molar-refractivity contribution in [2.75, 3.05) is 66.6 Å². The van der Waals surface area contributed by atoms with E-state index in [1.807, 2.05) is 34.1 Å². The van der Waals surface area contributed by atoms with Crippen molar-refractivity contribution < 1.29 is 28.6 Å². The van der Waals surface area contributed by atoms with Crippen molar-refractivity contribution in [3.8, 4) is 28.4 Å². The molecule has 13 heteroatoms. The van der Waals surface area contributed by atoms with Crippen LogP contribution >= 0.6 is 0 Å². The van der Waals surface area contributed by atoms with Gasteiger partial charge in [-0.1, -0.05) is 6.07 Å². The number of ether oxygens (including phenoxy) is 3. The van der Waals surface area contributed by atoms with Crippen molar-refractivity contribution in [3.05, 3.63) is 65.2 Å². The van der Waals surface area contributed by atoms with Crippen LogP contribution in [-0.4, -0.2) is 114 Å². The number of nitrogens with zero attached hydrogens (tertiary/aromatic N) is 5. The number of fused-ring (bicyclic) bond motifs is 8. The summed E-state index contributed by atoms with van der Waals surface area (Å²) in [6.45, 7) is 4.68. The molecule has 0 aliphatic carbocycles. The minimum atomic E-state index is -0.197. The van der Waals surface area contributed by atoms with Crippen LogP contribution in [0.4, 0.5) is 0 Å². The van der Waals surface area contributed by atoms with E-state index in [0.717, 1.165) is 42.6 Å². The van der Waals surface area contributed by atoms with Gasteiger partial charge in [0.2, 0.25) is 5.91 Å². The Hall–Kier alpha value is -5.17. The Bertz CT molecular complexity index is 1910. The predicted octanol–water partition coefficient (Wildman–Crippen LogP) is 4.13. The Morgan fingerprint density at radius 2 is 1.78 bits per heavy atom. The van der Waals surface area contributed by atoms with Gasteiger partial charge in [-0.2, -0.15) is 15.4 Å². The smallest absolute Gasteiger partial charge is 0.256 e. The summed E-state index contributed by atoms with van der Waals surface area (Å²) in [5, 5.41) is 14.0. The summed E-state index contributed by atoms with van der Waals surface area (Å²) in [5.74, 6) is 1.51. The zero-order valence-corrected chi connectivity index (χ0v) is 29.3. The Balaban J connectivity index is 1.21. The number of aromatic amines is 1. The highest BCUT2D eigenvalue weighted by Crippen LogP contribution is 2.41. The van der Waals surface area contributed by atoms with Crippen LogP contribution in [0.25, 0.3) is 22.2 Å². The zero-order chi connectivity index (χ0) is 35.3. The number of amides is 3. The van der Waals surface area contributed by atoms with Gasteiger partial charge in [-0.3, -0.25) is 14.4 Å². The van der Waals surface area contributed by atoms with Crippen LogP contribution < -0.4 is 19.5 Å². The van der Waals surface area contributed by atoms with Crippen molar-refractivity contribution in [2.24, 2.45) is 5.92 Å². The largest absolute Gasteiger partial charge is 0.496 e. The molecule has 51 heavy (non-hydrogen) atoms. The fourth-order valence-corrected chi connectivity index (χ4v) is 7.33. The minimum absolute atomic E-state index is 0.0518. The van der Waals surface area contributed by atoms with Crippen LogP contribution in [-0.2, 0) is 11.3 Å². The lowest BCUT2D eigenvalue weighted by Gasteiger charge is -2.32. The lowest BCUT2D eigenvalue weighted by Crippen LogP contribution is -2.44. The average Bonchev–Trinajstić information content (AvgIpc) is 3.53. The molecule has 3 aliphatic heterocycles. The lowest BCUT2D eigenvalue weighted by molar-refractivity contribution is -0.138. The number of benzene rings is 3. The van der Waals surface area contributed by atoms with E-state index in [1.165, 1.54) is 0 Å². The summed E-state index contributed by atoms with van der Waals surface area (Å²) >= 11 is 0. The molecule has 2 N–H and O–H groups in total. The second-order valence-corrected chi connectivity index (χ2v) is 13.5. The Kier molecular flexibility index (Phi) is 10.3. The molecule has 4 heterocycles. The van der Waals surface area contributed by atoms with E-state index in [-0.39, 0.29) is 23.6 Å². The number of aromatic nitrogens is 3. The van der Waals surface area contributed by atoms with E-state index in [0.29, 0.717) is 105 Å². The molecule has 4 aromatic rings. The number of carbonyl (C=O) groups excluding carboxylic acids is 3. The van der Waals surface area contributed by atoms with Gasteiger partial charge in [0.1, 0.15) is 23.4 Å². The number of likely N-dealkylation sites (tertiary alicyclic amines) is 1. The molecule has 3 amide bonds. The maximum absolute atomic E-state index is 13.9. The maximum atomic E-state index is 13.9. The van der Waals surface area contributed by atoms with E-state index in [2.05, 4.69) is 32.7 Å². The average molecular weight is 696 g/mol. The van der Waals surface area contributed by atoms with Gasteiger partial charge < -0.3 is 34.2 Å². The number of rotatable bonds is 3. The Labute approximate surface area is 297 Å². The maximum Gasteiger partial charge on any atom is 0.256 e. The molecule has 1 aromatic heterocycles. The number of H-pyrrole nitrogens is 1. The topological polar surface area (TPSA) is 142 Å². The number of carbonyl (C=O) groups is 3. The molecule has 4 bridgehead atoms. The summed E-state index contributed by atoms with van der Waals surface area (Å²) in [5.41, 5.74) is 4.49. The Morgan fingerprint density at radius 3 is 2.65 bits per heavy atom. The molecular formula is C38H45N7O6. The monoisotopic (exact) mass is 695 g/mol. The molecule has 0 saturated carbocycles. The normalized spacial score (nSPS) is 19.2. The van der Waals surface area contributed by atoms with Crippen molar-refractivity contribution in [1.82, 2.24) is 35.4 Å². The van der Waals surface area contributed by atoms with Crippen LogP contribution in [0.5, 0.6) is 17.2 Å². The number of methoxy groups -OCH3 is 1. The SMILES string of the molecule is COc1ccc2cc1-c1cc3c(c(c1)OCCCN(C(=O)c1cccc4n[nH]nc14)CCCCNC2=O)OCCN(C(=O)C1CCCN(C)C1)C3. The second-order valence-electron chi connectivity index (χ2n) is 13.5. The van der Waals surface area contributed by atoms with Crippen LogP contribution in [0.2, 0.25) is 0 Å². The third-order valence-corrected chi connectivity index (χ3v) is 9.99. The second kappa shape index (κ2) is 15.4. The van der Waals surface area contributed by atoms with Crippen LogP contribution in [0.15, 0.2) is 48.5 Å². The fourth-order valence-electron chi connectivity index (χ4n) is 7.33. The van der Waals surface area contributed by atoms with Crippen molar-refractivity contribution in [2.45, 2.75) is 38.6 Å². The molecule has 0 spiro atoms. The highest BCUT2D eigenvalue weighted by atomic mass is 16.5. The van der Waals surface area contributed by atoms with Crippen LogP contribution in [0.3, 0.4) is 0 Å². The number of hydrogen-bond donors (Lipinski definition) is 2. The van der Waals surface area contributed by atoms with Crippen molar-refractivity contribution in [1.29, 1.82) is 0 Å². The first-order chi connectivity index (χ1) is 24.9. The third-order valence-electron chi connectivity index (χ3n) is 9.99. The zero-order valence-electron chi connectivity index (χ0n) is 29.3. The molecule has 1 unspecified atom stereocenters. The lowest BCUT2D eigenvalue weighted by atomic mass is 9.96. The third kappa shape index (κ3) is 7.48. The number of piperidine rings is 1. The molecular weight excluding hydrogens is 650 g/mol. The highest BCUT2D eigenvalue weighted by molar-refractivity contribution is 6.04. The van der Waals surface area contributed by atoms with Crippen LogP contribution in [0.1, 0.15) is 58.4 Å². The molecule has 1 atom stereocenters. The van der Waals surface area contributed by atoms with Crippen molar-refractivity contribution in [3.63, 3.8) is 0 Å². The van der Waals surface area contributed by atoms with Gasteiger partial charge in [-0.15, -0.1) is 0 Å². The van der Waals surface area contributed by atoms with Crippen LogP contribution in [0, 0.1) is 5.92 Å². The number of para-hydroxylation sites is 1. The quantitative estimate of drug-likeness (QED) is 0.324. The minimum Gasteiger partial charge on any atom is -0.496 e. The standard InChI is InChI=1S/C38H45N7O6/c1-43-14-6-8-26(23-43)37(47)45-17-19-51-35-28(24-45)20-27-22-33(35)50-18-7-16-44(38(48)29-9-5-10-31-34(29)41-42-40-31)15-4-3-13-39-36(46)25-11-12-32(49-2)30(27)21-25/h5,9-12,20-22,26H,3-4,6-8,13-19,23-24H2,1-2H3,(H,39,46)(H,40,41,42). The highest BCUT2D eigenvalue weighted by Gasteiger charge is 2.31. The van der Waals surface area contributed by atoms with Gasteiger partial charge in [-0.25, -0.2) is 0 Å². The van der Waals surface area contributed by atoms with Gasteiger partial charge in [0.05, 0.1) is 31.7 Å². The molecule has 268 valence electrons.